The van der Waals surface area contributed by atoms with E-state index >= 15 is 0 Å². The molecule has 1 saturated heterocycles. The van der Waals surface area contributed by atoms with Crippen molar-refractivity contribution >= 4 is 11.7 Å². The third kappa shape index (κ3) is 2.59. The highest BCUT2D eigenvalue weighted by atomic mass is 19.4. The van der Waals surface area contributed by atoms with Gasteiger partial charge in [0.1, 0.15) is 0 Å². The molecule has 0 saturated carbocycles. The molecule has 0 aromatic heterocycles. The first kappa shape index (κ1) is 14.7. The van der Waals surface area contributed by atoms with Gasteiger partial charge in [-0.1, -0.05) is 0 Å². The highest BCUT2D eigenvalue weighted by molar-refractivity contribution is 5.95. The second-order valence-electron chi connectivity index (χ2n) is 5.60. The predicted octanol–water partition coefficient (Wildman–Crippen LogP) is 3.78. The Morgan fingerprint density at radius 1 is 1.35 bits per heavy atom. The van der Waals surface area contributed by atoms with E-state index in [0.29, 0.717) is 18.3 Å². The largest absolute Gasteiger partial charge is 0.478 e. The molecular formula is C14H16F3NO2. The minimum Gasteiger partial charge on any atom is -0.478 e. The normalized spacial score (nSPS) is 18.4. The molecule has 1 N–H and O–H groups in total. The predicted molar refractivity (Wildman–Crippen MR) is 69.1 cm³/mol. The van der Waals surface area contributed by atoms with E-state index in [1.165, 1.54) is 6.07 Å². The van der Waals surface area contributed by atoms with Crippen LogP contribution in [-0.4, -0.2) is 23.2 Å². The van der Waals surface area contributed by atoms with Crippen molar-refractivity contribution in [2.24, 2.45) is 0 Å². The molecule has 1 aliphatic heterocycles. The van der Waals surface area contributed by atoms with Gasteiger partial charge >= 0.3 is 12.1 Å². The number of hydrogen-bond donors (Lipinski definition) is 1. The van der Waals surface area contributed by atoms with Crippen molar-refractivity contribution in [1.82, 2.24) is 0 Å². The Morgan fingerprint density at radius 2 is 2.00 bits per heavy atom. The number of halogens is 3. The maximum atomic E-state index is 12.7. The SMILES string of the molecule is CC1(C)CCCN1c1ccc(C(F)(F)F)cc1C(=O)O. The summed E-state index contributed by atoms with van der Waals surface area (Å²) in [6.07, 6.45) is -2.76. The lowest BCUT2D eigenvalue weighted by Crippen LogP contribution is -2.39. The van der Waals surface area contributed by atoms with E-state index in [1.54, 1.807) is 0 Å². The van der Waals surface area contributed by atoms with Gasteiger partial charge in [-0.15, -0.1) is 0 Å². The number of carboxylic acids is 1. The van der Waals surface area contributed by atoms with E-state index in [0.717, 1.165) is 18.9 Å². The summed E-state index contributed by atoms with van der Waals surface area (Å²) in [4.78, 5) is 13.1. The van der Waals surface area contributed by atoms with Crippen LogP contribution in [0.1, 0.15) is 42.6 Å². The molecule has 110 valence electrons. The van der Waals surface area contributed by atoms with Crippen molar-refractivity contribution in [2.75, 3.05) is 11.4 Å². The Hall–Kier alpha value is -1.72. The van der Waals surface area contributed by atoms with E-state index in [9.17, 15) is 23.1 Å². The van der Waals surface area contributed by atoms with Gasteiger partial charge in [-0.25, -0.2) is 4.79 Å². The Labute approximate surface area is 115 Å². The standard InChI is InChI=1S/C14H16F3NO2/c1-13(2)6-3-7-18(13)11-5-4-9(14(15,16)17)8-10(11)12(19)20/h4-5,8H,3,6-7H2,1-2H3,(H,19,20). The number of alkyl halides is 3. The molecule has 1 aliphatic rings. The van der Waals surface area contributed by atoms with Gasteiger partial charge in [0.05, 0.1) is 16.8 Å². The van der Waals surface area contributed by atoms with E-state index in [-0.39, 0.29) is 11.1 Å². The van der Waals surface area contributed by atoms with Gasteiger partial charge in [-0.3, -0.25) is 0 Å². The average molecular weight is 287 g/mol. The number of carbonyl (C=O) groups is 1. The Morgan fingerprint density at radius 3 is 2.45 bits per heavy atom. The fourth-order valence-corrected chi connectivity index (χ4v) is 2.67. The molecular weight excluding hydrogens is 271 g/mol. The number of aromatic carboxylic acids is 1. The van der Waals surface area contributed by atoms with Crippen LogP contribution in [0.3, 0.4) is 0 Å². The molecule has 1 aromatic rings. The van der Waals surface area contributed by atoms with Crippen molar-refractivity contribution in [3.05, 3.63) is 29.3 Å². The molecule has 2 rings (SSSR count). The lowest BCUT2D eigenvalue weighted by molar-refractivity contribution is -0.137. The van der Waals surface area contributed by atoms with Crippen LogP contribution in [0, 0.1) is 0 Å². The van der Waals surface area contributed by atoms with Crippen LogP contribution in [0.15, 0.2) is 18.2 Å². The first-order chi connectivity index (χ1) is 9.13. The van der Waals surface area contributed by atoms with E-state index in [2.05, 4.69) is 0 Å². The topological polar surface area (TPSA) is 40.5 Å². The maximum absolute atomic E-state index is 12.7. The zero-order valence-electron chi connectivity index (χ0n) is 11.3. The molecule has 0 bridgehead atoms. The van der Waals surface area contributed by atoms with Crippen molar-refractivity contribution in [3.63, 3.8) is 0 Å². The van der Waals surface area contributed by atoms with Gasteiger partial charge in [0, 0.05) is 12.1 Å². The average Bonchev–Trinajstić information content (AvgIpc) is 2.66. The molecule has 0 radical (unpaired) electrons. The fraction of sp³-hybridized carbons (Fsp3) is 0.500. The number of benzene rings is 1. The zero-order chi connectivity index (χ0) is 15.1. The third-order valence-corrected chi connectivity index (χ3v) is 3.75. The molecule has 0 spiro atoms. The third-order valence-electron chi connectivity index (χ3n) is 3.75. The van der Waals surface area contributed by atoms with Crippen LogP contribution in [-0.2, 0) is 6.18 Å². The zero-order valence-corrected chi connectivity index (χ0v) is 11.3. The van der Waals surface area contributed by atoms with Crippen LogP contribution < -0.4 is 4.90 Å². The molecule has 0 aliphatic carbocycles. The molecule has 1 heterocycles. The second kappa shape index (κ2) is 4.68. The lowest BCUT2D eigenvalue weighted by Gasteiger charge is -2.34. The smallest absolute Gasteiger partial charge is 0.416 e. The highest BCUT2D eigenvalue weighted by Gasteiger charge is 2.36. The molecule has 1 aromatic carbocycles. The Kier molecular flexibility index (Phi) is 3.44. The molecule has 0 amide bonds. The van der Waals surface area contributed by atoms with Crippen LogP contribution >= 0.6 is 0 Å². The summed E-state index contributed by atoms with van der Waals surface area (Å²) in [7, 11) is 0. The molecule has 1 fully saturated rings. The van der Waals surface area contributed by atoms with Gasteiger partial charge in [-0.2, -0.15) is 13.2 Å². The minimum atomic E-state index is -4.54. The Balaban J connectivity index is 2.52. The monoisotopic (exact) mass is 287 g/mol. The van der Waals surface area contributed by atoms with Gasteiger partial charge < -0.3 is 10.0 Å². The van der Waals surface area contributed by atoms with Gasteiger partial charge in [0.25, 0.3) is 0 Å². The van der Waals surface area contributed by atoms with Crippen molar-refractivity contribution in [3.8, 4) is 0 Å². The molecule has 0 atom stereocenters. The van der Waals surface area contributed by atoms with E-state index in [1.807, 2.05) is 18.7 Å². The van der Waals surface area contributed by atoms with Gasteiger partial charge in [-0.05, 0) is 44.9 Å². The van der Waals surface area contributed by atoms with Crippen molar-refractivity contribution in [1.29, 1.82) is 0 Å². The van der Waals surface area contributed by atoms with Crippen LogP contribution in [0.5, 0.6) is 0 Å². The number of carboxylic acid groups (broad SMARTS) is 1. The molecule has 0 unspecified atom stereocenters. The Bertz CT molecular complexity index is 538. The molecule has 20 heavy (non-hydrogen) atoms. The van der Waals surface area contributed by atoms with Crippen LogP contribution in [0.25, 0.3) is 0 Å². The first-order valence-electron chi connectivity index (χ1n) is 6.35. The first-order valence-corrected chi connectivity index (χ1v) is 6.35. The summed E-state index contributed by atoms with van der Waals surface area (Å²) < 4.78 is 38.1. The molecule has 3 nitrogen and oxygen atoms in total. The van der Waals surface area contributed by atoms with Gasteiger partial charge in [0.2, 0.25) is 0 Å². The highest BCUT2D eigenvalue weighted by Crippen LogP contribution is 2.38. The van der Waals surface area contributed by atoms with E-state index in [4.69, 9.17) is 0 Å². The molecule has 6 heteroatoms. The van der Waals surface area contributed by atoms with Crippen molar-refractivity contribution in [2.45, 2.75) is 38.4 Å². The number of anilines is 1. The van der Waals surface area contributed by atoms with E-state index < -0.39 is 17.7 Å². The van der Waals surface area contributed by atoms with Crippen LogP contribution in [0.4, 0.5) is 18.9 Å². The number of hydrogen-bond acceptors (Lipinski definition) is 2. The summed E-state index contributed by atoms with van der Waals surface area (Å²) in [5.41, 5.74) is -1.12. The quantitative estimate of drug-likeness (QED) is 0.899. The van der Waals surface area contributed by atoms with Crippen molar-refractivity contribution < 1.29 is 23.1 Å². The fourth-order valence-electron chi connectivity index (χ4n) is 2.67. The number of nitrogens with zero attached hydrogens (tertiary/aromatic N) is 1. The minimum absolute atomic E-state index is 0.246. The second-order valence-corrected chi connectivity index (χ2v) is 5.60. The van der Waals surface area contributed by atoms with Gasteiger partial charge in [0.15, 0.2) is 0 Å². The summed E-state index contributed by atoms with van der Waals surface area (Å²) in [5.74, 6) is -1.34. The lowest BCUT2D eigenvalue weighted by atomic mass is 9.99. The summed E-state index contributed by atoms with van der Waals surface area (Å²) in [5, 5.41) is 9.19. The summed E-state index contributed by atoms with van der Waals surface area (Å²) in [6, 6.07) is 2.92. The number of rotatable bonds is 2. The summed E-state index contributed by atoms with van der Waals surface area (Å²) >= 11 is 0. The maximum Gasteiger partial charge on any atom is 0.416 e. The van der Waals surface area contributed by atoms with Crippen LogP contribution in [0.2, 0.25) is 0 Å². The summed E-state index contributed by atoms with van der Waals surface area (Å²) in [6.45, 7) is 4.57.